The Morgan fingerprint density at radius 1 is 0.923 bits per heavy atom. The molecule has 2 rings (SSSR count). The van der Waals surface area contributed by atoms with Crippen molar-refractivity contribution in [3.63, 3.8) is 0 Å². The highest BCUT2D eigenvalue weighted by molar-refractivity contribution is 6.14. The summed E-state index contributed by atoms with van der Waals surface area (Å²) in [5.74, 6) is -1.51. The lowest BCUT2D eigenvalue weighted by Gasteiger charge is -2.08. The maximum atomic E-state index is 12.7. The van der Waals surface area contributed by atoms with Gasteiger partial charge in [0.1, 0.15) is 0 Å². The van der Waals surface area contributed by atoms with Crippen LogP contribution in [0.15, 0.2) is 42.5 Å². The summed E-state index contributed by atoms with van der Waals surface area (Å²) in [7, 11) is 1.26. The van der Waals surface area contributed by atoms with Crippen LogP contribution in [0.2, 0.25) is 0 Å². The van der Waals surface area contributed by atoms with Crippen LogP contribution in [0, 0.1) is 0 Å². The van der Waals surface area contributed by atoms with Gasteiger partial charge in [-0.15, -0.1) is 0 Å². The topological polar surface area (TPSA) is 86.7 Å². The van der Waals surface area contributed by atoms with Gasteiger partial charge in [0.2, 0.25) is 0 Å². The van der Waals surface area contributed by atoms with E-state index in [4.69, 9.17) is 4.74 Å². The smallest absolute Gasteiger partial charge is 0.338 e. The Labute approximate surface area is 150 Å². The van der Waals surface area contributed by atoms with E-state index in [1.807, 2.05) is 6.92 Å². The van der Waals surface area contributed by atoms with E-state index < -0.39 is 17.7 Å². The van der Waals surface area contributed by atoms with Gasteiger partial charge in [0.25, 0.3) is 0 Å². The summed E-state index contributed by atoms with van der Waals surface area (Å²) >= 11 is 0. The van der Waals surface area contributed by atoms with Crippen molar-refractivity contribution in [2.45, 2.75) is 13.3 Å². The fraction of sp³-hybridized carbons (Fsp3) is 0.200. The van der Waals surface area contributed by atoms with Crippen molar-refractivity contribution in [2.24, 2.45) is 0 Å². The molecule has 0 fully saturated rings. The van der Waals surface area contributed by atoms with Gasteiger partial charge in [0.05, 0.1) is 24.8 Å². The molecule has 0 radical (unpaired) electrons. The van der Waals surface area contributed by atoms with Crippen LogP contribution in [0.25, 0.3) is 0 Å². The lowest BCUT2D eigenvalue weighted by molar-refractivity contribution is 0.0504. The van der Waals surface area contributed by atoms with Gasteiger partial charge in [-0.3, -0.25) is 9.59 Å². The maximum Gasteiger partial charge on any atom is 0.338 e. The number of carbonyl (C=O) groups excluding carboxylic acids is 4. The molecule has 0 aliphatic carbocycles. The molecule has 2 aromatic rings. The van der Waals surface area contributed by atoms with Crippen LogP contribution in [0.4, 0.5) is 0 Å². The Hall–Kier alpha value is -3.28. The molecular formula is C20H18O6. The zero-order valence-corrected chi connectivity index (χ0v) is 14.5. The number of rotatable bonds is 7. The first-order valence-electron chi connectivity index (χ1n) is 8.01. The van der Waals surface area contributed by atoms with Crippen LogP contribution < -0.4 is 0 Å². The van der Waals surface area contributed by atoms with Gasteiger partial charge in [-0.05, 0) is 30.7 Å². The second-order valence-electron chi connectivity index (χ2n) is 5.45. The van der Waals surface area contributed by atoms with Gasteiger partial charge in [-0.2, -0.15) is 0 Å². The van der Waals surface area contributed by atoms with E-state index in [0.717, 1.165) is 0 Å². The zero-order valence-electron chi connectivity index (χ0n) is 14.5. The molecule has 0 aliphatic heterocycles. The number of carbonyl (C=O) groups is 4. The van der Waals surface area contributed by atoms with Gasteiger partial charge < -0.3 is 9.47 Å². The molecule has 0 saturated carbocycles. The molecule has 134 valence electrons. The second-order valence-corrected chi connectivity index (χ2v) is 5.45. The van der Waals surface area contributed by atoms with Crippen molar-refractivity contribution >= 4 is 24.0 Å². The fourth-order valence-corrected chi connectivity index (χ4v) is 2.29. The van der Waals surface area contributed by atoms with Crippen molar-refractivity contribution in [2.75, 3.05) is 13.7 Å². The van der Waals surface area contributed by atoms with E-state index in [9.17, 15) is 19.2 Å². The summed E-state index contributed by atoms with van der Waals surface area (Å²) in [5, 5.41) is 0. The zero-order chi connectivity index (χ0) is 19.1. The van der Waals surface area contributed by atoms with E-state index in [-0.39, 0.29) is 28.9 Å². The first kappa shape index (κ1) is 19.1. The lowest BCUT2D eigenvalue weighted by Crippen LogP contribution is -2.11. The third-order valence-electron chi connectivity index (χ3n) is 3.67. The highest BCUT2D eigenvalue weighted by atomic mass is 16.5. The number of hydrogen-bond donors (Lipinski definition) is 0. The van der Waals surface area contributed by atoms with Crippen LogP contribution in [0.3, 0.4) is 0 Å². The molecule has 0 unspecified atom stereocenters. The minimum absolute atomic E-state index is 0.0942. The standard InChI is InChI=1S/C20H18O6/c1-3-10-26-20(24)15-8-9-16(12-21)17(11-15)18(22)13-4-6-14(7-5-13)19(23)25-2/h4-9,11-12H,3,10H2,1-2H3. The number of ether oxygens (including phenoxy) is 2. The lowest BCUT2D eigenvalue weighted by atomic mass is 9.96. The van der Waals surface area contributed by atoms with Crippen LogP contribution in [-0.4, -0.2) is 37.7 Å². The average molecular weight is 354 g/mol. The van der Waals surface area contributed by atoms with Gasteiger partial charge in [-0.1, -0.05) is 25.1 Å². The first-order valence-corrected chi connectivity index (χ1v) is 8.01. The molecule has 6 nitrogen and oxygen atoms in total. The summed E-state index contributed by atoms with van der Waals surface area (Å²) in [4.78, 5) is 47.5. The molecule has 0 saturated heterocycles. The number of esters is 2. The molecule has 0 aliphatic rings. The van der Waals surface area contributed by atoms with Gasteiger partial charge in [-0.25, -0.2) is 9.59 Å². The molecule has 0 amide bonds. The second kappa shape index (κ2) is 8.71. The van der Waals surface area contributed by atoms with Gasteiger partial charge in [0, 0.05) is 16.7 Å². The maximum absolute atomic E-state index is 12.7. The van der Waals surface area contributed by atoms with E-state index >= 15 is 0 Å². The third-order valence-corrected chi connectivity index (χ3v) is 3.67. The Balaban J connectivity index is 2.36. The Kier molecular flexibility index (Phi) is 6.38. The molecule has 0 aromatic heterocycles. The number of benzene rings is 2. The normalized spacial score (nSPS) is 10.1. The fourth-order valence-electron chi connectivity index (χ4n) is 2.29. The molecule has 6 heteroatoms. The molecular weight excluding hydrogens is 336 g/mol. The minimum Gasteiger partial charge on any atom is -0.465 e. The third kappa shape index (κ3) is 4.22. The van der Waals surface area contributed by atoms with Gasteiger partial charge >= 0.3 is 11.9 Å². The van der Waals surface area contributed by atoms with E-state index in [2.05, 4.69) is 4.74 Å². The first-order chi connectivity index (χ1) is 12.5. The van der Waals surface area contributed by atoms with Crippen molar-refractivity contribution in [1.29, 1.82) is 0 Å². The molecule has 0 atom stereocenters. The average Bonchev–Trinajstić information content (AvgIpc) is 2.70. The molecule has 0 bridgehead atoms. The predicted molar refractivity (Wildman–Crippen MR) is 93.6 cm³/mol. The van der Waals surface area contributed by atoms with Crippen LogP contribution in [-0.2, 0) is 9.47 Å². The molecule has 0 spiro atoms. The highest BCUT2D eigenvalue weighted by Crippen LogP contribution is 2.17. The summed E-state index contributed by atoms with van der Waals surface area (Å²) in [6.45, 7) is 2.14. The number of aldehydes is 1. The largest absolute Gasteiger partial charge is 0.465 e. The van der Waals surface area contributed by atoms with E-state index in [0.29, 0.717) is 18.3 Å². The summed E-state index contributed by atoms with van der Waals surface area (Å²) in [6.07, 6.45) is 1.23. The Bertz CT molecular complexity index is 836. The van der Waals surface area contributed by atoms with Crippen molar-refractivity contribution < 1.29 is 28.7 Å². The molecule has 26 heavy (non-hydrogen) atoms. The Morgan fingerprint density at radius 3 is 2.12 bits per heavy atom. The quantitative estimate of drug-likeness (QED) is 0.431. The summed E-state index contributed by atoms with van der Waals surface area (Å²) in [6, 6.07) is 10.0. The summed E-state index contributed by atoms with van der Waals surface area (Å²) < 4.78 is 9.67. The highest BCUT2D eigenvalue weighted by Gasteiger charge is 2.18. The number of methoxy groups -OCH3 is 1. The summed E-state index contributed by atoms with van der Waals surface area (Å²) in [5.41, 5.74) is 1.03. The van der Waals surface area contributed by atoms with Crippen LogP contribution in [0.1, 0.15) is 60.3 Å². The minimum atomic E-state index is -0.556. The van der Waals surface area contributed by atoms with E-state index in [1.165, 1.54) is 49.6 Å². The number of ketones is 1. The molecule has 0 N–H and O–H groups in total. The van der Waals surface area contributed by atoms with Crippen molar-refractivity contribution in [3.8, 4) is 0 Å². The van der Waals surface area contributed by atoms with E-state index in [1.54, 1.807) is 0 Å². The molecule has 2 aromatic carbocycles. The van der Waals surface area contributed by atoms with Crippen molar-refractivity contribution in [3.05, 3.63) is 70.3 Å². The monoisotopic (exact) mass is 354 g/mol. The van der Waals surface area contributed by atoms with Crippen LogP contribution in [0.5, 0.6) is 0 Å². The van der Waals surface area contributed by atoms with Crippen molar-refractivity contribution in [1.82, 2.24) is 0 Å². The molecule has 0 heterocycles. The number of hydrogen-bond acceptors (Lipinski definition) is 6. The SMILES string of the molecule is CCCOC(=O)c1ccc(C=O)c(C(=O)c2ccc(C(=O)OC)cc2)c1. The Morgan fingerprint density at radius 2 is 1.54 bits per heavy atom. The predicted octanol–water partition coefficient (Wildman–Crippen LogP) is 3.08. The van der Waals surface area contributed by atoms with Gasteiger partial charge in [0.15, 0.2) is 12.1 Å². The van der Waals surface area contributed by atoms with Crippen LogP contribution >= 0.6 is 0 Å².